The van der Waals surface area contributed by atoms with Gasteiger partial charge in [0.2, 0.25) is 5.91 Å². The molecule has 1 N–H and O–H groups in total. The minimum Gasteiger partial charge on any atom is -0.350 e. The second-order valence-corrected chi connectivity index (χ2v) is 5.65. The molecular weight excluding hydrogens is 339 g/mol. The van der Waals surface area contributed by atoms with Crippen molar-refractivity contribution in [3.05, 3.63) is 74.7 Å². The molecular formula is C18H17FN4O3. The van der Waals surface area contributed by atoms with E-state index in [4.69, 9.17) is 0 Å². The van der Waals surface area contributed by atoms with Gasteiger partial charge in [-0.15, -0.1) is 0 Å². The predicted molar refractivity (Wildman–Crippen MR) is 94.2 cm³/mol. The van der Waals surface area contributed by atoms with Gasteiger partial charge in [0.15, 0.2) is 5.65 Å². The number of nitrogens with one attached hydrogen (secondary N) is 1. The molecule has 0 bridgehead atoms. The van der Waals surface area contributed by atoms with E-state index in [9.17, 15) is 18.8 Å². The third-order valence-electron chi connectivity index (χ3n) is 4.04. The molecule has 0 atom stereocenters. The van der Waals surface area contributed by atoms with Gasteiger partial charge < -0.3 is 5.32 Å². The lowest BCUT2D eigenvalue weighted by molar-refractivity contribution is -0.121. The Labute approximate surface area is 147 Å². The second-order valence-electron chi connectivity index (χ2n) is 5.65. The summed E-state index contributed by atoms with van der Waals surface area (Å²) in [7, 11) is 0. The Morgan fingerprint density at radius 3 is 2.58 bits per heavy atom. The Morgan fingerprint density at radius 2 is 1.85 bits per heavy atom. The highest BCUT2D eigenvalue weighted by Gasteiger charge is 2.15. The van der Waals surface area contributed by atoms with Gasteiger partial charge in [-0.25, -0.2) is 9.37 Å². The van der Waals surface area contributed by atoms with E-state index in [0.29, 0.717) is 23.3 Å². The average molecular weight is 356 g/mol. The van der Waals surface area contributed by atoms with Gasteiger partial charge in [-0.2, -0.15) is 0 Å². The number of hydrogen-bond donors (Lipinski definition) is 1. The highest BCUT2D eigenvalue weighted by Crippen LogP contribution is 2.08. The number of carbonyl (C=O) groups excluding carboxylic acids is 1. The molecule has 3 rings (SSSR count). The molecule has 26 heavy (non-hydrogen) atoms. The second kappa shape index (κ2) is 7.30. The van der Waals surface area contributed by atoms with Gasteiger partial charge in [0.05, 0.1) is 5.52 Å². The van der Waals surface area contributed by atoms with Crippen LogP contribution in [-0.2, 0) is 24.4 Å². The first-order valence-corrected chi connectivity index (χ1v) is 8.11. The van der Waals surface area contributed by atoms with E-state index in [0.717, 1.165) is 4.57 Å². The normalized spacial score (nSPS) is 10.8. The number of hydrogen-bond acceptors (Lipinski definition) is 4. The van der Waals surface area contributed by atoms with Crippen LogP contribution < -0.4 is 16.4 Å². The van der Waals surface area contributed by atoms with Crippen molar-refractivity contribution in [2.75, 3.05) is 0 Å². The molecule has 0 aliphatic heterocycles. The van der Waals surface area contributed by atoms with Crippen molar-refractivity contribution < 1.29 is 9.18 Å². The standard InChI is InChI=1S/C18H17FN4O3/c1-2-22-16-14(8-5-9-20-16)23(18(26)17(22)25)11-15(24)21-10-12-6-3-4-7-13(12)19/h3-9H,2,10-11H2,1H3,(H,21,24). The number of benzene rings is 1. The Hall–Kier alpha value is -3.29. The lowest BCUT2D eigenvalue weighted by Crippen LogP contribution is -2.44. The van der Waals surface area contributed by atoms with Crippen LogP contribution in [-0.4, -0.2) is 20.0 Å². The molecule has 134 valence electrons. The quantitative estimate of drug-likeness (QED) is 0.692. The summed E-state index contributed by atoms with van der Waals surface area (Å²) >= 11 is 0. The third kappa shape index (κ3) is 3.26. The molecule has 0 fully saturated rings. The number of aromatic nitrogens is 3. The number of rotatable bonds is 5. The summed E-state index contributed by atoms with van der Waals surface area (Å²) in [4.78, 5) is 41.0. The van der Waals surface area contributed by atoms with Gasteiger partial charge in [-0.05, 0) is 25.1 Å². The van der Waals surface area contributed by atoms with Crippen LogP contribution in [0.4, 0.5) is 4.39 Å². The lowest BCUT2D eigenvalue weighted by Gasteiger charge is -2.13. The topological polar surface area (TPSA) is 86.0 Å². The summed E-state index contributed by atoms with van der Waals surface area (Å²) in [5, 5.41) is 2.56. The van der Waals surface area contributed by atoms with E-state index in [1.165, 1.54) is 16.8 Å². The van der Waals surface area contributed by atoms with Crippen LogP contribution >= 0.6 is 0 Å². The first kappa shape index (κ1) is 17.5. The van der Waals surface area contributed by atoms with Crippen LogP contribution in [0.2, 0.25) is 0 Å². The molecule has 0 unspecified atom stereocenters. The van der Waals surface area contributed by atoms with E-state index in [1.807, 2.05) is 0 Å². The van der Waals surface area contributed by atoms with Crippen LogP contribution in [0.5, 0.6) is 0 Å². The van der Waals surface area contributed by atoms with Crippen LogP contribution in [0.1, 0.15) is 12.5 Å². The Kier molecular flexibility index (Phi) is 4.92. The molecule has 1 amide bonds. The van der Waals surface area contributed by atoms with Crippen molar-refractivity contribution in [1.29, 1.82) is 0 Å². The Morgan fingerprint density at radius 1 is 1.12 bits per heavy atom. The van der Waals surface area contributed by atoms with Crippen molar-refractivity contribution in [1.82, 2.24) is 19.4 Å². The highest BCUT2D eigenvalue weighted by molar-refractivity contribution is 5.78. The first-order valence-electron chi connectivity index (χ1n) is 8.11. The molecule has 0 saturated carbocycles. The molecule has 2 aromatic heterocycles. The van der Waals surface area contributed by atoms with E-state index >= 15 is 0 Å². The van der Waals surface area contributed by atoms with E-state index in [2.05, 4.69) is 10.3 Å². The summed E-state index contributed by atoms with van der Waals surface area (Å²) in [5.74, 6) is -0.931. The van der Waals surface area contributed by atoms with Crippen LogP contribution in [0.15, 0.2) is 52.2 Å². The lowest BCUT2D eigenvalue weighted by atomic mass is 10.2. The van der Waals surface area contributed by atoms with Crippen molar-refractivity contribution >= 4 is 17.1 Å². The summed E-state index contributed by atoms with van der Waals surface area (Å²) in [6.07, 6.45) is 1.51. The van der Waals surface area contributed by atoms with Gasteiger partial charge in [-0.3, -0.25) is 23.5 Å². The first-order chi connectivity index (χ1) is 12.5. The molecule has 1 aromatic carbocycles. The minimum absolute atomic E-state index is 0.0114. The minimum atomic E-state index is -0.798. The van der Waals surface area contributed by atoms with Crippen molar-refractivity contribution in [2.45, 2.75) is 26.6 Å². The molecule has 2 heterocycles. The van der Waals surface area contributed by atoms with Gasteiger partial charge >= 0.3 is 11.1 Å². The Balaban J connectivity index is 1.90. The number of carbonyl (C=O) groups is 1. The fourth-order valence-corrected chi connectivity index (χ4v) is 2.73. The molecule has 0 saturated heterocycles. The summed E-state index contributed by atoms with van der Waals surface area (Å²) in [6.45, 7) is 1.67. The van der Waals surface area contributed by atoms with Gasteiger partial charge in [0.1, 0.15) is 12.4 Å². The predicted octanol–water partition coefficient (Wildman–Crippen LogP) is 1.03. The van der Waals surface area contributed by atoms with Gasteiger partial charge in [0, 0.05) is 24.8 Å². The van der Waals surface area contributed by atoms with Crippen LogP contribution in [0.3, 0.4) is 0 Å². The van der Waals surface area contributed by atoms with Crippen LogP contribution in [0.25, 0.3) is 11.2 Å². The fraction of sp³-hybridized carbons (Fsp3) is 0.222. The molecule has 0 spiro atoms. The number of aryl methyl sites for hydroxylation is 1. The monoisotopic (exact) mass is 356 g/mol. The van der Waals surface area contributed by atoms with Gasteiger partial charge in [0.25, 0.3) is 0 Å². The summed E-state index contributed by atoms with van der Waals surface area (Å²) in [5.41, 5.74) is -0.475. The zero-order valence-electron chi connectivity index (χ0n) is 14.1. The zero-order valence-corrected chi connectivity index (χ0v) is 14.1. The summed E-state index contributed by atoms with van der Waals surface area (Å²) in [6, 6.07) is 9.33. The fourth-order valence-electron chi connectivity index (χ4n) is 2.73. The maximum atomic E-state index is 13.6. The van der Waals surface area contributed by atoms with Crippen molar-refractivity contribution in [3.63, 3.8) is 0 Å². The molecule has 0 aliphatic rings. The third-order valence-corrected chi connectivity index (χ3v) is 4.04. The molecule has 7 nitrogen and oxygen atoms in total. The van der Waals surface area contributed by atoms with Crippen molar-refractivity contribution in [2.24, 2.45) is 0 Å². The number of nitrogens with zero attached hydrogens (tertiary/aromatic N) is 3. The van der Waals surface area contributed by atoms with E-state index in [-0.39, 0.29) is 13.1 Å². The molecule has 0 aliphatic carbocycles. The largest absolute Gasteiger partial charge is 0.350 e. The van der Waals surface area contributed by atoms with Crippen LogP contribution in [0, 0.1) is 5.82 Å². The maximum absolute atomic E-state index is 13.6. The van der Waals surface area contributed by atoms with E-state index < -0.39 is 22.8 Å². The van der Waals surface area contributed by atoms with Crippen molar-refractivity contribution in [3.8, 4) is 0 Å². The molecule has 3 aromatic rings. The smallest absolute Gasteiger partial charge is 0.318 e. The SMILES string of the molecule is CCn1c(=O)c(=O)n(CC(=O)NCc2ccccc2F)c2cccnc21. The number of amides is 1. The molecule has 0 radical (unpaired) electrons. The number of fused-ring (bicyclic) bond motifs is 1. The van der Waals surface area contributed by atoms with Gasteiger partial charge in [-0.1, -0.05) is 18.2 Å². The Bertz CT molecular complexity index is 1090. The zero-order chi connectivity index (χ0) is 18.7. The number of pyridine rings is 1. The molecule has 8 heteroatoms. The maximum Gasteiger partial charge on any atom is 0.318 e. The number of halogens is 1. The highest BCUT2D eigenvalue weighted by atomic mass is 19.1. The van der Waals surface area contributed by atoms with E-state index in [1.54, 1.807) is 37.3 Å². The summed E-state index contributed by atoms with van der Waals surface area (Å²) < 4.78 is 16.0. The average Bonchev–Trinajstić information content (AvgIpc) is 2.65.